The normalized spacial score (nSPS) is 10.7. The van der Waals surface area contributed by atoms with Crippen molar-refractivity contribution in [3.63, 3.8) is 0 Å². The number of anilines is 1. The summed E-state index contributed by atoms with van der Waals surface area (Å²) in [5, 5.41) is 9.50. The molecule has 2 aromatic rings. The van der Waals surface area contributed by atoms with E-state index in [1.165, 1.54) is 11.1 Å². The largest absolute Gasteiger partial charge is 0.352 e. The number of rotatable bonds is 7. The molecule has 6 heteroatoms. The number of carbonyl (C=O) groups excluding carboxylic acids is 1. The lowest BCUT2D eigenvalue weighted by molar-refractivity contribution is -0.116. The SMILES string of the molecule is CCCC(=O)Nc1ccc(CNC(=NC)NCc2ccc(C)cc2)cc1.I. The molecule has 0 aliphatic heterocycles. The maximum atomic E-state index is 11.6. The van der Waals surface area contributed by atoms with Gasteiger partial charge in [0, 0.05) is 32.2 Å². The Hall–Kier alpha value is -2.09. The number of hydrogen-bond donors (Lipinski definition) is 3. The van der Waals surface area contributed by atoms with E-state index in [4.69, 9.17) is 0 Å². The molecule has 0 bridgehead atoms. The van der Waals surface area contributed by atoms with Crippen molar-refractivity contribution in [1.29, 1.82) is 0 Å². The van der Waals surface area contributed by atoms with Crippen LogP contribution in [-0.2, 0) is 17.9 Å². The van der Waals surface area contributed by atoms with Crippen LogP contribution in [0.3, 0.4) is 0 Å². The molecule has 0 saturated carbocycles. The van der Waals surface area contributed by atoms with E-state index in [9.17, 15) is 4.79 Å². The Kier molecular flexibility index (Phi) is 10.5. The van der Waals surface area contributed by atoms with E-state index in [2.05, 4.69) is 52.1 Å². The van der Waals surface area contributed by atoms with Gasteiger partial charge in [0.2, 0.25) is 5.91 Å². The second kappa shape index (κ2) is 12.3. The number of benzene rings is 2. The number of guanidine groups is 1. The smallest absolute Gasteiger partial charge is 0.224 e. The Labute approximate surface area is 179 Å². The lowest BCUT2D eigenvalue weighted by atomic mass is 10.1. The average molecular weight is 480 g/mol. The lowest BCUT2D eigenvalue weighted by Crippen LogP contribution is -2.36. The Balaban J connectivity index is 0.00000364. The molecule has 0 atom stereocenters. The van der Waals surface area contributed by atoms with Gasteiger partial charge in [0.05, 0.1) is 0 Å². The molecule has 0 heterocycles. The van der Waals surface area contributed by atoms with E-state index in [-0.39, 0.29) is 29.9 Å². The first-order valence-electron chi connectivity index (χ1n) is 8.99. The number of aryl methyl sites for hydroxylation is 1. The Morgan fingerprint density at radius 2 is 1.44 bits per heavy atom. The molecule has 0 saturated heterocycles. The number of hydrogen-bond acceptors (Lipinski definition) is 2. The van der Waals surface area contributed by atoms with Crippen LogP contribution in [0.5, 0.6) is 0 Å². The van der Waals surface area contributed by atoms with Gasteiger partial charge < -0.3 is 16.0 Å². The molecule has 2 rings (SSSR count). The zero-order valence-corrected chi connectivity index (χ0v) is 18.5. The van der Waals surface area contributed by atoms with Crippen LogP contribution in [0.25, 0.3) is 0 Å². The van der Waals surface area contributed by atoms with Crippen LogP contribution in [0.4, 0.5) is 5.69 Å². The predicted octanol–water partition coefficient (Wildman–Crippen LogP) is 4.22. The molecule has 0 aromatic heterocycles. The second-order valence-corrected chi connectivity index (χ2v) is 6.26. The summed E-state index contributed by atoms with van der Waals surface area (Å²) in [5.41, 5.74) is 4.42. The maximum Gasteiger partial charge on any atom is 0.224 e. The fourth-order valence-corrected chi connectivity index (χ4v) is 2.45. The number of aliphatic imine (C=N–C) groups is 1. The summed E-state index contributed by atoms with van der Waals surface area (Å²) in [4.78, 5) is 15.9. The quantitative estimate of drug-likeness (QED) is 0.316. The zero-order valence-electron chi connectivity index (χ0n) is 16.2. The first-order chi connectivity index (χ1) is 12.6. The minimum atomic E-state index is 0. The summed E-state index contributed by atoms with van der Waals surface area (Å²) in [6.07, 6.45) is 1.40. The molecular weight excluding hydrogens is 451 g/mol. The Morgan fingerprint density at radius 3 is 1.93 bits per heavy atom. The number of nitrogens with one attached hydrogen (secondary N) is 3. The van der Waals surface area contributed by atoms with Crippen LogP contribution in [-0.4, -0.2) is 18.9 Å². The molecule has 27 heavy (non-hydrogen) atoms. The first kappa shape index (κ1) is 23.0. The first-order valence-corrected chi connectivity index (χ1v) is 8.99. The van der Waals surface area contributed by atoms with E-state index in [1.54, 1.807) is 7.05 Å². The van der Waals surface area contributed by atoms with E-state index < -0.39 is 0 Å². The molecule has 0 unspecified atom stereocenters. The van der Waals surface area contributed by atoms with Gasteiger partial charge in [-0.25, -0.2) is 0 Å². The molecule has 0 fully saturated rings. The Bertz CT molecular complexity index is 727. The third-order valence-electron chi connectivity index (χ3n) is 3.98. The van der Waals surface area contributed by atoms with Crippen LogP contribution in [0.2, 0.25) is 0 Å². The molecule has 3 N–H and O–H groups in total. The highest BCUT2D eigenvalue weighted by Gasteiger charge is 2.02. The second-order valence-electron chi connectivity index (χ2n) is 6.26. The number of amides is 1. The van der Waals surface area contributed by atoms with Crippen molar-refractivity contribution in [3.8, 4) is 0 Å². The molecule has 0 spiro atoms. The number of nitrogens with zero attached hydrogens (tertiary/aromatic N) is 1. The van der Waals surface area contributed by atoms with E-state index >= 15 is 0 Å². The van der Waals surface area contributed by atoms with Crippen molar-refractivity contribution in [3.05, 3.63) is 65.2 Å². The van der Waals surface area contributed by atoms with Crippen molar-refractivity contribution in [2.24, 2.45) is 4.99 Å². The van der Waals surface area contributed by atoms with Gasteiger partial charge in [0.15, 0.2) is 5.96 Å². The van der Waals surface area contributed by atoms with Gasteiger partial charge in [-0.2, -0.15) is 0 Å². The van der Waals surface area contributed by atoms with Crippen LogP contribution < -0.4 is 16.0 Å². The van der Waals surface area contributed by atoms with Crippen molar-refractivity contribution in [2.45, 2.75) is 39.8 Å². The van der Waals surface area contributed by atoms with Gasteiger partial charge in [-0.3, -0.25) is 9.79 Å². The standard InChI is InChI=1S/C21H28N4O.HI/c1-4-5-20(26)25-19-12-10-18(11-13-19)15-24-21(22-3)23-14-17-8-6-16(2)7-9-17;/h6-13H,4-5,14-15H2,1-3H3,(H,25,26)(H2,22,23,24);1H. The van der Waals surface area contributed by atoms with Crippen molar-refractivity contribution >= 4 is 41.5 Å². The van der Waals surface area contributed by atoms with Crippen molar-refractivity contribution in [2.75, 3.05) is 12.4 Å². The molecule has 0 aliphatic rings. The molecule has 146 valence electrons. The minimum Gasteiger partial charge on any atom is -0.352 e. The fourth-order valence-electron chi connectivity index (χ4n) is 2.45. The molecule has 1 amide bonds. The molecule has 0 aliphatic carbocycles. The number of carbonyl (C=O) groups is 1. The Morgan fingerprint density at radius 1 is 0.926 bits per heavy atom. The summed E-state index contributed by atoms with van der Waals surface area (Å²) in [6, 6.07) is 16.3. The summed E-state index contributed by atoms with van der Waals surface area (Å²) in [5.74, 6) is 0.810. The highest BCUT2D eigenvalue weighted by Crippen LogP contribution is 2.10. The predicted molar refractivity (Wildman–Crippen MR) is 124 cm³/mol. The van der Waals surface area contributed by atoms with Crippen molar-refractivity contribution < 1.29 is 4.79 Å². The van der Waals surface area contributed by atoms with Gasteiger partial charge in [0.1, 0.15) is 0 Å². The third-order valence-corrected chi connectivity index (χ3v) is 3.98. The van der Waals surface area contributed by atoms with Crippen molar-refractivity contribution in [1.82, 2.24) is 10.6 Å². The van der Waals surface area contributed by atoms with Gasteiger partial charge >= 0.3 is 0 Å². The van der Waals surface area contributed by atoms with Crippen LogP contribution in [0.15, 0.2) is 53.5 Å². The van der Waals surface area contributed by atoms with Gasteiger partial charge in [-0.15, -0.1) is 24.0 Å². The highest BCUT2D eigenvalue weighted by atomic mass is 127. The van der Waals surface area contributed by atoms with Gasteiger partial charge in [-0.1, -0.05) is 48.9 Å². The monoisotopic (exact) mass is 480 g/mol. The third kappa shape index (κ3) is 8.43. The number of halogens is 1. The molecular formula is C21H29IN4O. The van der Waals surface area contributed by atoms with Gasteiger partial charge in [0.25, 0.3) is 0 Å². The zero-order chi connectivity index (χ0) is 18.8. The maximum absolute atomic E-state index is 11.6. The van der Waals surface area contributed by atoms with E-state index in [0.29, 0.717) is 13.0 Å². The van der Waals surface area contributed by atoms with E-state index in [1.807, 2.05) is 31.2 Å². The van der Waals surface area contributed by atoms with Crippen LogP contribution in [0, 0.1) is 6.92 Å². The molecule has 0 radical (unpaired) electrons. The van der Waals surface area contributed by atoms with Crippen LogP contribution in [0.1, 0.15) is 36.5 Å². The van der Waals surface area contributed by atoms with E-state index in [0.717, 1.165) is 30.2 Å². The minimum absolute atomic E-state index is 0. The summed E-state index contributed by atoms with van der Waals surface area (Å²) < 4.78 is 0. The summed E-state index contributed by atoms with van der Waals surface area (Å²) >= 11 is 0. The summed E-state index contributed by atoms with van der Waals surface area (Å²) in [6.45, 7) is 5.46. The average Bonchev–Trinajstić information content (AvgIpc) is 2.65. The molecule has 5 nitrogen and oxygen atoms in total. The highest BCUT2D eigenvalue weighted by molar-refractivity contribution is 14.0. The fraction of sp³-hybridized carbons (Fsp3) is 0.333. The molecule has 2 aromatic carbocycles. The van der Waals surface area contributed by atoms with Crippen LogP contribution >= 0.6 is 24.0 Å². The lowest BCUT2D eigenvalue weighted by Gasteiger charge is -2.12. The summed E-state index contributed by atoms with van der Waals surface area (Å²) in [7, 11) is 1.76. The van der Waals surface area contributed by atoms with Gasteiger partial charge in [-0.05, 0) is 36.6 Å². The topological polar surface area (TPSA) is 65.5 Å².